The summed E-state index contributed by atoms with van der Waals surface area (Å²) >= 11 is 0. The zero-order valence-electron chi connectivity index (χ0n) is 7.66. The topological polar surface area (TPSA) is 38.7 Å². The minimum Gasteiger partial charge on any atom is -0.376 e. The van der Waals surface area contributed by atoms with Crippen LogP contribution in [0.2, 0.25) is 0 Å². The van der Waals surface area contributed by atoms with Gasteiger partial charge in [-0.3, -0.25) is 0 Å². The van der Waals surface area contributed by atoms with Crippen LogP contribution in [0.25, 0.3) is 0 Å². The largest absolute Gasteiger partial charge is 0.376 e. The van der Waals surface area contributed by atoms with E-state index in [2.05, 4.69) is 6.92 Å². The molecule has 0 radical (unpaired) electrons. The standard InChI is InChI=1S/C9H18O3/c1-2-3-6-11-8-4-5-9(10)12-7-8/h8-10H,2-7H2,1H3/t8-,9?/m0/s1. The van der Waals surface area contributed by atoms with Crippen molar-refractivity contribution >= 4 is 0 Å². The summed E-state index contributed by atoms with van der Waals surface area (Å²) < 4.78 is 10.6. The summed E-state index contributed by atoms with van der Waals surface area (Å²) in [5.41, 5.74) is 0. The van der Waals surface area contributed by atoms with Gasteiger partial charge in [-0.2, -0.15) is 0 Å². The highest BCUT2D eigenvalue weighted by Gasteiger charge is 2.19. The molecule has 1 fully saturated rings. The molecule has 1 heterocycles. The van der Waals surface area contributed by atoms with Crippen molar-refractivity contribution in [3.63, 3.8) is 0 Å². The Morgan fingerprint density at radius 2 is 2.33 bits per heavy atom. The minimum atomic E-state index is -0.559. The van der Waals surface area contributed by atoms with Crippen LogP contribution in [0.4, 0.5) is 0 Å². The zero-order chi connectivity index (χ0) is 8.81. The predicted octanol–water partition coefficient (Wildman–Crippen LogP) is 1.30. The van der Waals surface area contributed by atoms with Crippen molar-refractivity contribution in [2.75, 3.05) is 13.2 Å². The Kier molecular flexibility index (Phi) is 4.58. The minimum absolute atomic E-state index is 0.208. The van der Waals surface area contributed by atoms with Crippen molar-refractivity contribution in [3.05, 3.63) is 0 Å². The van der Waals surface area contributed by atoms with Crippen LogP contribution in [0, 0.1) is 0 Å². The molecule has 2 atom stereocenters. The van der Waals surface area contributed by atoms with E-state index in [-0.39, 0.29) is 6.10 Å². The third kappa shape index (κ3) is 3.52. The smallest absolute Gasteiger partial charge is 0.154 e. The van der Waals surface area contributed by atoms with Gasteiger partial charge in [0.05, 0.1) is 12.7 Å². The summed E-state index contributed by atoms with van der Waals surface area (Å²) in [7, 11) is 0. The average molecular weight is 174 g/mol. The Morgan fingerprint density at radius 1 is 1.50 bits per heavy atom. The van der Waals surface area contributed by atoms with Crippen LogP contribution in [0.15, 0.2) is 0 Å². The second kappa shape index (κ2) is 5.51. The Balaban J connectivity index is 2.01. The Labute approximate surface area is 73.7 Å². The van der Waals surface area contributed by atoms with Crippen molar-refractivity contribution in [1.82, 2.24) is 0 Å². The molecule has 0 aromatic rings. The van der Waals surface area contributed by atoms with Crippen molar-refractivity contribution in [1.29, 1.82) is 0 Å². The van der Waals surface area contributed by atoms with Gasteiger partial charge in [0.1, 0.15) is 0 Å². The summed E-state index contributed by atoms with van der Waals surface area (Å²) in [5.74, 6) is 0. The Hall–Kier alpha value is -0.120. The average Bonchev–Trinajstić information content (AvgIpc) is 2.09. The Morgan fingerprint density at radius 3 is 2.92 bits per heavy atom. The molecular weight excluding hydrogens is 156 g/mol. The fraction of sp³-hybridized carbons (Fsp3) is 1.00. The lowest BCUT2D eigenvalue weighted by Gasteiger charge is -2.25. The molecule has 3 nitrogen and oxygen atoms in total. The van der Waals surface area contributed by atoms with Crippen LogP contribution in [0.3, 0.4) is 0 Å². The molecule has 1 rings (SSSR count). The van der Waals surface area contributed by atoms with Gasteiger partial charge < -0.3 is 14.6 Å². The SMILES string of the molecule is CCCCO[C@H]1CCC(O)OC1. The van der Waals surface area contributed by atoms with Crippen molar-refractivity contribution in [2.45, 2.75) is 45.0 Å². The first-order valence-corrected chi connectivity index (χ1v) is 4.74. The zero-order valence-corrected chi connectivity index (χ0v) is 7.66. The Bertz CT molecular complexity index is 108. The number of hydrogen-bond donors (Lipinski definition) is 1. The summed E-state index contributed by atoms with van der Waals surface area (Å²) in [6.45, 7) is 3.51. The van der Waals surface area contributed by atoms with E-state index < -0.39 is 6.29 Å². The molecule has 0 aromatic carbocycles. The second-order valence-electron chi connectivity index (χ2n) is 3.21. The van der Waals surface area contributed by atoms with Gasteiger partial charge in [-0.05, 0) is 12.8 Å². The molecule has 1 unspecified atom stereocenters. The summed E-state index contributed by atoms with van der Waals surface area (Å²) in [6, 6.07) is 0. The summed E-state index contributed by atoms with van der Waals surface area (Å²) in [5, 5.41) is 9.02. The predicted molar refractivity (Wildman–Crippen MR) is 45.8 cm³/mol. The second-order valence-corrected chi connectivity index (χ2v) is 3.21. The van der Waals surface area contributed by atoms with E-state index in [0.717, 1.165) is 25.9 Å². The van der Waals surface area contributed by atoms with E-state index in [4.69, 9.17) is 14.6 Å². The molecular formula is C9H18O3. The molecule has 72 valence electrons. The van der Waals surface area contributed by atoms with Crippen molar-refractivity contribution in [2.24, 2.45) is 0 Å². The summed E-state index contributed by atoms with van der Waals surface area (Å²) in [4.78, 5) is 0. The molecule has 1 aliphatic rings. The number of aliphatic hydroxyl groups is 1. The first-order valence-electron chi connectivity index (χ1n) is 4.74. The van der Waals surface area contributed by atoms with Crippen LogP contribution < -0.4 is 0 Å². The fourth-order valence-electron chi connectivity index (χ4n) is 1.24. The normalized spacial score (nSPS) is 30.5. The van der Waals surface area contributed by atoms with Gasteiger partial charge in [0.2, 0.25) is 0 Å². The molecule has 1 aliphatic heterocycles. The monoisotopic (exact) mass is 174 g/mol. The first kappa shape index (κ1) is 9.96. The fourth-order valence-corrected chi connectivity index (χ4v) is 1.24. The van der Waals surface area contributed by atoms with E-state index in [9.17, 15) is 0 Å². The van der Waals surface area contributed by atoms with E-state index in [0.29, 0.717) is 13.0 Å². The highest BCUT2D eigenvalue weighted by Crippen LogP contribution is 2.14. The number of hydrogen-bond acceptors (Lipinski definition) is 3. The van der Waals surface area contributed by atoms with E-state index in [1.807, 2.05) is 0 Å². The molecule has 12 heavy (non-hydrogen) atoms. The lowest BCUT2D eigenvalue weighted by atomic mass is 10.1. The van der Waals surface area contributed by atoms with E-state index in [1.54, 1.807) is 0 Å². The van der Waals surface area contributed by atoms with Gasteiger partial charge in [-0.25, -0.2) is 0 Å². The van der Waals surface area contributed by atoms with E-state index >= 15 is 0 Å². The van der Waals surface area contributed by atoms with Crippen LogP contribution in [0.5, 0.6) is 0 Å². The van der Waals surface area contributed by atoms with Gasteiger partial charge in [-0.15, -0.1) is 0 Å². The maximum absolute atomic E-state index is 9.02. The van der Waals surface area contributed by atoms with Gasteiger partial charge in [0.25, 0.3) is 0 Å². The quantitative estimate of drug-likeness (QED) is 0.653. The summed E-state index contributed by atoms with van der Waals surface area (Å²) in [6.07, 6.45) is 3.55. The highest BCUT2D eigenvalue weighted by atomic mass is 16.6. The van der Waals surface area contributed by atoms with Gasteiger partial charge >= 0.3 is 0 Å². The highest BCUT2D eigenvalue weighted by molar-refractivity contribution is 4.64. The van der Waals surface area contributed by atoms with Crippen LogP contribution in [-0.2, 0) is 9.47 Å². The van der Waals surface area contributed by atoms with Crippen molar-refractivity contribution in [3.8, 4) is 0 Å². The number of unbranched alkanes of at least 4 members (excludes halogenated alkanes) is 1. The molecule has 1 N–H and O–H groups in total. The van der Waals surface area contributed by atoms with Crippen LogP contribution >= 0.6 is 0 Å². The number of rotatable bonds is 4. The number of ether oxygens (including phenoxy) is 2. The molecule has 0 amide bonds. The third-order valence-electron chi connectivity index (χ3n) is 2.06. The van der Waals surface area contributed by atoms with Crippen LogP contribution in [-0.4, -0.2) is 30.7 Å². The number of aliphatic hydroxyl groups excluding tert-OH is 1. The molecule has 0 spiro atoms. The molecule has 0 saturated carbocycles. The molecule has 0 bridgehead atoms. The maximum atomic E-state index is 9.02. The molecule has 0 aliphatic carbocycles. The molecule has 0 aromatic heterocycles. The maximum Gasteiger partial charge on any atom is 0.154 e. The molecule has 1 saturated heterocycles. The lowest BCUT2D eigenvalue weighted by Crippen LogP contribution is -2.31. The van der Waals surface area contributed by atoms with E-state index in [1.165, 1.54) is 0 Å². The van der Waals surface area contributed by atoms with Gasteiger partial charge in [0.15, 0.2) is 6.29 Å². The van der Waals surface area contributed by atoms with Gasteiger partial charge in [-0.1, -0.05) is 13.3 Å². The molecule has 3 heteroatoms. The first-order chi connectivity index (χ1) is 5.83. The van der Waals surface area contributed by atoms with Crippen LogP contribution in [0.1, 0.15) is 32.6 Å². The van der Waals surface area contributed by atoms with Gasteiger partial charge in [0, 0.05) is 13.0 Å². The lowest BCUT2D eigenvalue weighted by molar-refractivity contribution is -0.167. The van der Waals surface area contributed by atoms with Crippen molar-refractivity contribution < 1.29 is 14.6 Å². The third-order valence-corrected chi connectivity index (χ3v) is 2.06.